The van der Waals surface area contributed by atoms with Crippen molar-refractivity contribution in [2.24, 2.45) is 5.16 Å². The minimum atomic E-state index is -0.218. The Kier molecular flexibility index (Phi) is 3.68. The van der Waals surface area contributed by atoms with Crippen molar-refractivity contribution in [3.05, 3.63) is 34.9 Å². The van der Waals surface area contributed by atoms with Gasteiger partial charge in [0.05, 0.1) is 18.9 Å². The quantitative estimate of drug-likeness (QED) is 0.857. The molecule has 0 saturated heterocycles. The molecule has 0 radical (unpaired) electrons. The second-order valence-electron chi connectivity index (χ2n) is 4.91. The number of hydrogen-bond donors (Lipinski definition) is 2. The van der Waals surface area contributed by atoms with E-state index in [0.717, 1.165) is 35.2 Å². The fourth-order valence-corrected chi connectivity index (χ4v) is 2.04. The Morgan fingerprint density at radius 1 is 1.28 bits per heavy atom. The highest BCUT2D eigenvalue weighted by Gasteiger charge is 2.32. The molecule has 0 saturated carbocycles. The smallest absolute Gasteiger partial charge is 0.140 e. The third-order valence-electron chi connectivity index (χ3n) is 3.55. The van der Waals surface area contributed by atoms with Crippen LogP contribution in [0.4, 0.5) is 0 Å². The van der Waals surface area contributed by atoms with E-state index in [4.69, 9.17) is 9.94 Å². The first-order valence-electron chi connectivity index (χ1n) is 6.21. The Balaban J connectivity index is 2.25. The summed E-state index contributed by atoms with van der Waals surface area (Å²) in [4.78, 5) is 5.46. The molecule has 2 rings (SSSR count). The van der Waals surface area contributed by atoms with Crippen LogP contribution in [-0.4, -0.2) is 21.5 Å². The standard InChI is InChI=1S/C14H19NO3/c1-3-14(2)7-13(15-18-14)10-4-5-11(8-16)12(6-10)9-17/h4-6,16-17H,3,7-9H2,1-2H3. The molecule has 0 fully saturated rings. The van der Waals surface area contributed by atoms with E-state index in [1.165, 1.54) is 0 Å². The number of oxime groups is 1. The third-order valence-corrected chi connectivity index (χ3v) is 3.55. The number of aliphatic hydroxyl groups excluding tert-OH is 2. The molecule has 1 aromatic rings. The van der Waals surface area contributed by atoms with Crippen LogP contribution in [-0.2, 0) is 18.1 Å². The molecular formula is C14H19NO3. The van der Waals surface area contributed by atoms with Crippen molar-refractivity contribution >= 4 is 5.71 Å². The van der Waals surface area contributed by atoms with Crippen LogP contribution in [0.3, 0.4) is 0 Å². The molecule has 0 spiro atoms. The maximum Gasteiger partial charge on any atom is 0.140 e. The van der Waals surface area contributed by atoms with E-state index >= 15 is 0 Å². The summed E-state index contributed by atoms with van der Waals surface area (Å²) in [5.74, 6) is 0. The summed E-state index contributed by atoms with van der Waals surface area (Å²) >= 11 is 0. The fraction of sp³-hybridized carbons (Fsp3) is 0.500. The van der Waals surface area contributed by atoms with Crippen molar-refractivity contribution in [3.8, 4) is 0 Å². The van der Waals surface area contributed by atoms with Gasteiger partial charge in [-0.15, -0.1) is 0 Å². The van der Waals surface area contributed by atoms with Gasteiger partial charge in [0, 0.05) is 6.42 Å². The van der Waals surface area contributed by atoms with Gasteiger partial charge in [-0.05, 0) is 36.1 Å². The molecule has 4 heteroatoms. The van der Waals surface area contributed by atoms with Crippen LogP contribution in [0, 0.1) is 0 Å². The van der Waals surface area contributed by atoms with Crippen LogP contribution in [0.2, 0.25) is 0 Å². The van der Waals surface area contributed by atoms with Gasteiger partial charge in [-0.3, -0.25) is 0 Å². The van der Waals surface area contributed by atoms with Crippen LogP contribution in [0.25, 0.3) is 0 Å². The van der Waals surface area contributed by atoms with Crippen LogP contribution in [0.15, 0.2) is 23.4 Å². The van der Waals surface area contributed by atoms with Crippen molar-refractivity contribution < 1.29 is 15.1 Å². The Labute approximate surface area is 107 Å². The number of hydrogen-bond acceptors (Lipinski definition) is 4. The lowest BCUT2D eigenvalue weighted by atomic mass is 9.92. The van der Waals surface area contributed by atoms with Gasteiger partial charge in [0.25, 0.3) is 0 Å². The molecule has 18 heavy (non-hydrogen) atoms. The van der Waals surface area contributed by atoms with E-state index in [0.29, 0.717) is 0 Å². The van der Waals surface area contributed by atoms with E-state index in [1.54, 1.807) is 0 Å². The van der Waals surface area contributed by atoms with Crippen molar-refractivity contribution in [3.63, 3.8) is 0 Å². The summed E-state index contributed by atoms with van der Waals surface area (Å²) < 4.78 is 0. The lowest BCUT2D eigenvalue weighted by Crippen LogP contribution is -2.23. The van der Waals surface area contributed by atoms with Crippen molar-refractivity contribution in [1.29, 1.82) is 0 Å². The molecule has 98 valence electrons. The molecule has 2 N–H and O–H groups in total. The molecule has 1 atom stereocenters. The van der Waals surface area contributed by atoms with Gasteiger partial charge in [0.15, 0.2) is 0 Å². The van der Waals surface area contributed by atoms with Gasteiger partial charge in [-0.1, -0.05) is 24.2 Å². The highest BCUT2D eigenvalue weighted by Crippen LogP contribution is 2.29. The molecule has 1 aromatic carbocycles. The molecule has 0 amide bonds. The highest BCUT2D eigenvalue weighted by molar-refractivity contribution is 6.01. The first-order valence-corrected chi connectivity index (χ1v) is 6.21. The zero-order valence-corrected chi connectivity index (χ0v) is 10.8. The summed E-state index contributed by atoms with van der Waals surface area (Å²) in [6, 6.07) is 5.61. The maximum atomic E-state index is 9.28. The van der Waals surface area contributed by atoms with Gasteiger partial charge >= 0.3 is 0 Å². The van der Waals surface area contributed by atoms with Gasteiger partial charge < -0.3 is 15.1 Å². The molecule has 1 aliphatic rings. The van der Waals surface area contributed by atoms with Crippen LogP contribution in [0.5, 0.6) is 0 Å². The average molecular weight is 249 g/mol. The minimum Gasteiger partial charge on any atom is -0.392 e. The van der Waals surface area contributed by atoms with Crippen LogP contribution < -0.4 is 0 Å². The first kappa shape index (κ1) is 13.1. The number of aliphatic hydroxyl groups is 2. The topological polar surface area (TPSA) is 62.0 Å². The second-order valence-corrected chi connectivity index (χ2v) is 4.91. The average Bonchev–Trinajstić information content (AvgIpc) is 2.81. The Morgan fingerprint density at radius 3 is 2.56 bits per heavy atom. The zero-order valence-electron chi connectivity index (χ0n) is 10.8. The minimum absolute atomic E-state index is 0.0637. The number of nitrogens with zero attached hydrogens (tertiary/aromatic N) is 1. The molecule has 0 aliphatic carbocycles. The Hall–Kier alpha value is -1.39. The van der Waals surface area contributed by atoms with E-state index in [9.17, 15) is 5.11 Å². The predicted octanol–water partition coefficient (Wildman–Crippen LogP) is 1.96. The van der Waals surface area contributed by atoms with Crippen LogP contribution in [0.1, 0.15) is 43.4 Å². The fourth-order valence-electron chi connectivity index (χ4n) is 2.04. The SMILES string of the molecule is CCC1(C)CC(c2ccc(CO)c(CO)c2)=NO1. The third kappa shape index (κ3) is 2.40. The van der Waals surface area contributed by atoms with Crippen molar-refractivity contribution in [2.75, 3.05) is 0 Å². The summed E-state index contributed by atoms with van der Waals surface area (Å²) in [5.41, 5.74) is 3.12. The normalized spacial score (nSPS) is 22.8. The van der Waals surface area contributed by atoms with Gasteiger partial charge in [-0.2, -0.15) is 0 Å². The predicted molar refractivity (Wildman–Crippen MR) is 69.2 cm³/mol. The highest BCUT2D eigenvalue weighted by atomic mass is 16.7. The number of rotatable bonds is 4. The van der Waals surface area contributed by atoms with Gasteiger partial charge in [0.1, 0.15) is 5.60 Å². The Bertz CT molecular complexity index is 470. The summed E-state index contributed by atoms with van der Waals surface area (Å²) in [7, 11) is 0. The number of benzene rings is 1. The van der Waals surface area contributed by atoms with Gasteiger partial charge in [-0.25, -0.2) is 0 Å². The summed E-state index contributed by atoms with van der Waals surface area (Å²) in [6.07, 6.45) is 1.68. The molecule has 0 aromatic heterocycles. The molecule has 0 bridgehead atoms. The summed E-state index contributed by atoms with van der Waals surface area (Å²) in [6.45, 7) is 3.97. The second kappa shape index (κ2) is 5.08. The monoisotopic (exact) mass is 249 g/mol. The largest absolute Gasteiger partial charge is 0.392 e. The zero-order chi connectivity index (χ0) is 13.2. The van der Waals surface area contributed by atoms with E-state index < -0.39 is 0 Å². The molecule has 1 heterocycles. The molecular weight excluding hydrogens is 230 g/mol. The van der Waals surface area contributed by atoms with Gasteiger partial charge in [0.2, 0.25) is 0 Å². The Morgan fingerprint density at radius 2 is 2.00 bits per heavy atom. The maximum absolute atomic E-state index is 9.28. The van der Waals surface area contributed by atoms with Crippen molar-refractivity contribution in [1.82, 2.24) is 0 Å². The van der Waals surface area contributed by atoms with Crippen LogP contribution >= 0.6 is 0 Å². The lowest BCUT2D eigenvalue weighted by molar-refractivity contribution is -0.00605. The van der Waals surface area contributed by atoms with E-state index in [-0.39, 0.29) is 18.8 Å². The van der Waals surface area contributed by atoms with E-state index in [1.807, 2.05) is 25.1 Å². The van der Waals surface area contributed by atoms with E-state index in [2.05, 4.69) is 12.1 Å². The first-order chi connectivity index (χ1) is 8.61. The lowest BCUT2D eigenvalue weighted by Gasteiger charge is -2.18. The molecule has 1 aliphatic heterocycles. The molecule has 1 unspecified atom stereocenters. The molecule has 4 nitrogen and oxygen atoms in total. The summed E-state index contributed by atoms with van der Waals surface area (Å²) in [5, 5.41) is 22.6. The van der Waals surface area contributed by atoms with Crippen molar-refractivity contribution in [2.45, 2.75) is 45.5 Å².